The number of nitrogens with zero attached hydrogens (tertiary/aromatic N) is 3. The van der Waals surface area contributed by atoms with Crippen molar-refractivity contribution in [3.05, 3.63) is 53.5 Å². The number of hydrogen-bond donors (Lipinski definition) is 0. The summed E-state index contributed by atoms with van der Waals surface area (Å²) < 4.78 is 17.6. The van der Waals surface area contributed by atoms with E-state index < -0.39 is 0 Å². The van der Waals surface area contributed by atoms with Gasteiger partial charge in [-0.2, -0.15) is 0 Å². The molecule has 3 heterocycles. The zero-order chi connectivity index (χ0) is 22.8. The number of carbonyl (C=O) groups excluding carboxylic acids is 1. The molecular formula is C24H23N3O4S2. The summed E-state index contributed by atoms with van der Waals surface area (Å²) in [6.45, 7) is 1.19. The number of methoxy groups -OCH3 is 2. The number of benzene rings is 2. The molecule has 0 N–H and O–H groups in total. The monoisotopic (exact) mass is 481 g/mol. The number of amides is 1. The molecule has 33 heavy (non-hydrogen) atoms. The van der Waals surface area contributed by atoms with E-state index in [0.717, 1.165) is 40.2 Å². The van der Waals surface area contributed by atoms with Gasteiger partial charge in [-0.05, 0) is 43.2 Å². The van der Waals surface area contributed by atoms with Crippen molar-refractivity contribution in [2.45, 2.75) is 18.9 Å². The molecule has 1 amide bonds. The third-order valence-corrected chi connectivity index (χ3v) is 7.47. The van der Waals surface area contributed by atoms with Crippen LogP contribution in [-0.2, 0) is 4.74 Å². The minimum absolute atomic E-state index is 0.00455. The Balaban J connectivity index is 1.46. The van der Waals surface area contributed by atoms with Gasteiger partial charge in [-0.15, -0.1) is 11.3 Å². The Morgan fingerprint density at radius 3 is 2.76 bits per heavy atom. The summed E-state index contributed by atoms with van der Waals surface area (Å²) in [5.41, 5.74) is 2.14. The lowest BCUT2D eigenvalue weighted by Gasteiger charge is -2.22. The van der Waals surface area contributed by atoms with E-state index in [1.165, 1.54) is 22.7 Å². The van der Waals surface area contributed by atoms with Crippen molar-refractivity contribution >= 4 is 43.9 Å². The van der Waals surface area contributed by atoms with Crippen LogP contribution in [0.4, 0.5) is 5.13 Å². The van der Waals surface area contributed by atoms with E-state index in [9.17, 15) is 4.79 Å². The van der Waals surface area contributed by atoms with Crippen molar-refractivity contribution in [2.24, 2.45) is 0 Å². The standard InChI is InChI=1S/C24H23N3O4S2/c1-29-19-10-9-15(12-20(19)30-2)22-25-18(14-32-22)23(28)27(13-16-6-5-11-31-16)24-26-17-7-3-4-8-21(17)33-24/h3-4,7-10,12,14,16H,5-6,11,13H2,1-2H3/t16-/m1/s1. The molecule has 9 heteroatoms. The number of hydrogen-bond acceptors (Lipinski definition) is 8. The van der Waals surface area contributed by atoms with Crippen LogP contribution in [0.3, 0.4) is 0 Å². The second-order valence-corrected chi connectivity index (χ2v) is 9.49. The normalized spacial score (nSPS) is 15.6. The summed E-state index contributed by atoms with van der Waals surface area (Å²) in [5.74, 6) is 1.09. The molecule has 1 atom stereocenters. The molecule has 2 aromatic heterocycles. The second kappa shape index (κ2) is 9.46. The summed E-state index contributed by atoms with van der Waals surface area (Å²) >= 11 is 2.93. The first-order valence-corrected chi connectivity index (χ1v) is 12.3. The molecular weight excluding hydrogens is 458 g/mol. The summed E-state index contributed by atoms with van der Waals surface area (Å²) in [4.78, 5) is 24.7. The van der Waals surface area contributed by atoms with E-state index in [-0.39, 0.29) is 12.0 Å². The lowest BCUT2D eigenvalue weighted by Crippen LogP contribution is -2.37. The fraction of sp³-hybridized carbons (Fsp3) is 0.292. The van der Waals surface area contributed by atoms with Gasteiger partial charge in [0.05, 0.1) is 37.1 Å². The van der Waals surface area contributed by atoms with Crippen LogP contribution in [0.1, 0.15) is 23.3 Å². The molecule has 7 nitrogen and oxygen atoms in total. The maximum atomic E-state index is 13.6. The van der Waals surface area contributed by atoms with Gasteiger partial charge < -0.3 is 14.2 Å². The lowest BCUT2D eigenvalue weighted by molar-refractivity contribution is 0.0914. The molecule has 0 radical (unpaired) electrons. The van der Waals surface area contributed by atoms with Gasteiger partial charge in [0.2, 0.25) is 0 Å². The molecule has 1 aliphatic rings. The summed E-state index contributed by atoms with van der Waals surface area (Å²) in [6.07, 6.45) is 1.94. The van der Waals surface area contributed by atoms with E-state index in [2.05, 4.69) is 4.98 Å². The third kappa shape index (κ3) is 4.44. The molecule has 2 aromatic carbocycles. The molecule has 1 saturated heterocycles. The molecule has 1 fully saturated rings. The number of aromatic nitrogens is 2. The minimum atomic E-state index is -0.174. The van der Waals surface area contributed by atoms with E-state index in [4.69, 9.17) is 19.2 Å². The van der Waals surface area contributed by atoms with Crippen molar-refractivity contribution in [3.63, 3.8) is 0 Å². The zero-order valence-corrected chi connectivity index (χ0v) is 19.9. The van der Waals surface area contributed by atoms with Crippen molar-refractivity contribution in [1.29, 1.82) is 0 Å². The lowest BCUT2D eigenvalue weighted by atomic mass is 10.2. The Hall–Kier alpha value is -3.01. The Bertz CT molecular complexity index is 1250. The van der Waals surface area contributed by atoms with Crippen LogP contribution in [0.15, 0.2) is 47.8 Å². The Morgan fingerprint density at radius 2 is 2.00 bits per heavy atom. The first-order valence-electron chi connectivity index (χ1n) is 10.6. The van der Waals surface area contributed by atoms with Gasteiger partial charge in [0.25, 0.3) is 5.91 Å². The molecule has 0 spiro atoms. The first kappa shape index (κ1) is 21.8. The van der Waals surface area contributed by atoms with Crippen LogP contribution in [0, 0.1) is 0 Å². The van der Waals surface area contributed by atoms with Gasteiger partial charge in [0.1, 0.15) is 10.7 Å². The topological polar surface area (TPSA) is 73.8 Å². The first-order chi connectivity index (χ1) is 16.2. The predicted octanol–water partition coefficient (Wildman–Crippen LogP) is 5.26. The van der Waals surface area contributed by atoms with Crippen LogP contribution in [0.2, 0.25) is 0 Å². The number of fused-ring (bicyclic) bond motifs is 1. The van der Waals surface area contributed by atoms with Crippen molar-refractivity contribution in [2.75, 3.05) is 32.3 Å². The van der Waals surface area contributed by atoms with Gasteiger partial charge in [-0.25, -0.2) is 9.97 Å². The van der Waals surface area contributed by atoms with Crippen LogP contribution in [-0.4, -0.2) is 49.4 Å². The van der Waals surface area contributed by atoms with Gasteiger partial charge in [-0.1, -0.05) is 23.5 Å². The molecule has 0 saturated carbocycles. The highest BCUT2D eigenvalue weighted by molar-refractivity contribution is 7.22. The SMILES string of the molecule is COc1ccc(-c2nc(C(=O)N(C[C@H]3CCCO3)c3nc4ccccc4s3)cs2)cc1OC. The fourth-order valence-corrected chi connectivity index (χ4v) is 5.59. The van der Waals surface area contributed by atoms with E-state index in [0.29, 0.717) is 28.9 Å². The zero-order valence-electron chi connectivity index (χ0n) is 18.3. The van der Waals surface area contributed by atoms with Gasteiger partial charge in [0.15, 0.2) is 16.6 Å². The van der Waals surface area contributed by atoms with Crippen molar-refractivity contribution in [3.8, 4) is 22.1 Å². The van der Waals surface area contributed by atoms with E-state index >= 15 is 0 Å². The molecule has 0 unspecified atom stereocenters. The smallest absolute Gasteiger partial charge is 0.279 e. The number of anilines is 1. The van der Waals surface area contributed by atoms with Crippen LogP contribution in [0.5, 0.6) is 11.5 Å². The summed E-state index contributed by atoms with van der Waals surface area (Å²) in [5, 5.41) is 3.20. The average Bonchev–Trinajstić information content (AvgIpc) is 3.62. The highest BCUT2D eigenvalue weighted by Gasteiger charge is 2.28. The van der Waals surface area contributed by atoms with E-state index in [1.807, 2.05) is 42.5 Å². The molecule has 0 bridgehead atoms. The highest BCUT2D eigenvalue weighted by atomic mass is 32.1. The van der Waals surface area contributed by atoms with E-state index in [1.54, 1.807) is 24.5 Å². The third-order valence-electron chi connectivity index (χ3n) is 5.52. The summed E-state index contributed by atoms with van der Waals surface area (Å²) in [6, 6.07) is 13.5. The number of carbonyl (C=O) groups is 1. The van der Waals surface area contributed by atoms with Crippen LogP contribution in [0.25, 0.3) is 20.8 Å². The van der Waals surface area contributed by atoms with Crippen LogP contribution < -0.4 is 14.4 Å². The molecule has 5 rings (SSSR count). The quantitative estimate of drug-likeness (QED) is 0.358. The highest BCUT2D eigenvalue weighted by Crippen LogP contribution is 2.35. The maximum absolute atomic E-state index is 13.6. The average molecular weight is 482 g/mol. The Morgan fingerprint density at radius 1 is 1.15 bits per heavy atom. The molecule has 4 aromatic rings. The van der Waals surface area contributed by atoms with Gasteiger partial charge in [-0.3, -0.25) is 9.69 Å². The molecule has 170 valence electrons. The Labute approximate surface area is 199 Å². The van der Waals surface area contributed by atoms with Crippen molar-refractivity contribution in [1.82, 2.24) is 9.97 Å². The largest absolute Gasteiger partial charge is 0.493 e. The fourth-order valence-electron chi connectivity index (χ4n) is 3.83. The summed E-state index contributed by atoms with van der Waals surface area (Å²) in [7, 11) is 3.20. The van der Waals surface area contributed by atoms with Crippen molar-refractivity contribution < 1.29 is 19.0 Å². The number of ether oxygens (including phenoxy) is 3. The van der Waals surface area contributed by atoms with Gasteiger partial charge in [0, 0.05) is 17.6 Å². The maximum Gasteiger partial charge on any atom is 0.279 e. The predicted molar refractivity (Wildman–Crippen MR) is 131 cm³/mol. The minimum Gasteiger partial charge on any atom is -0.493 e. The second-order valence-electron chi connectivity index (χ2n) is 7.62. The molecule has 1 aliphatic heterocycles. The number of rotatable bonds is 7. The Kier molecular flexibility index (Phi) is 6.26. The number of para-hydroxylation sites is 1. The van der Waals surface area contributed by atoms with Crippen LogP contribution >= 0.6 is 22.7 Å². The number of thiazole rings is 2. The van der Waals surface area contributed by atoms with Gasteiger partial charge >= 0.3 is 0 Å². The molecule has 0 aliphatic carbocycles.